The summed E-state index contributed by atoms with van der Waals surface area (Å²) in [5.41, 5.74) is 7.22. The van der Waals surface area contributed by atoms with Crippen molar-refractivity contribution in [2.24, 2.45) is 0 Å². The van der Waals surface area contributed by atoms with Gasteiger partial charge in [0.1, 0.15) is 5.75 Å². The average molecular weight is 216 g/mol. The van der Waals surface area contributed by atoms with Crippen LogP contribution in [0.5, 0.6) is 5.75 Å². The molecule has 0 aliphatic carbocycles. The van der Waals surface area contributed by atoms with Crippen LogP contribution in [0.4, 0.5) is 5.69 Å². The molecule has 1 heterocycles. The van der Waals surface area contributed by atoms with E-state index in [0.717, 1.165) is 0 Å². The van der Waals surface area contributed by atoms with E-state index in [1.165, 1.54) is 7.11 Å². The van der Waals surface area contributed by atoms with Gasteiger partial charge in [0.15, 0.2) is 0 Å². The lowest BCUT2D eigenvalue weighted by Gasteiger charge is -2.07. The van der Waals surface area contributed by atoms with Crippen LogP contribution >= 0.6 is 0 Å². The van der Waals surface area contributed by atoms with Gasteiger partial charge in [0.2, 0.25) is 5.78 Å². The standard InChI is InChI=1S/C12H12N2O2/c1-16-11-7-8(13)4-5-9(11)12(15)10-3-2-6-14-10/h2-7,14H,13H2,1H3. The predicted molar refractivity (Wildman–Crippen MR) is 61.6 cm³/mol. The number of carbonyl (C=O) groups is 1. The number of hydrogen-bond acceptors (Lipinski definition) is 3. The fourth-order valence-corrected chi connectivity index (χ4v) is 1.51. The highest BCUT2D eigenvalue weighted by atomic mass is 16.5. The van der Waals surface area contributed by atoms with Crippen LogP contribution in [0.2, 0.25) is 0 Å². The van der Waals surface area contributed by atoms with Gasteiger partial charge in [-0.05, 0) is 24.3 Å². The van der Waals surface area contributed by atoms with Gasteiger partial charge >= 0.3 is 0 Å². The minimum atomic E-state index is -0.109. The monoisotopic (exact) mass is 216 g/mol. The van der Waals surface area contributed by atoms with Crippen LogP contribution in [0.1, 0.15) is 16.1 Å². The molecule has 0 spiro atoms. The number of methoxy groups -OCH3 is 1. The van der Waals surface area contributed by atoms with Crippen LogP contribution in [0, 0.1) is 0 Å². The number of aromatic amines is 1. The Balaban J connectivity index is 2.44. The van der Waals surface area contributed by atoms with E-state index >= 15 is 0 Å². The number of rotatable bonds is 3. The van der Waals surface area contributed by atoms with Gasteiger partial charge < -0.3 is 15.5 Å². The lowest BCUT2D eigenvalue weighted by molar-refractivity contribution is 0.103. The van der Waals surface area contributed by atoms with Crippen molar-refractivity contribution in [2.45, 2.75) is 0 Å². The van der Waals surface area contributed by atoms with E-state index in [0.29, 0.717) is 22.7 Å². The number of aromatic nitrogens is 1. The maximum Gasteiger partial charge on any atom is 0.212 e. The van der Waals surface area contributed by atoms with Gasteiger partial charge in [0, 0.05) is 18.0 Å². The normalized spacial score (nSPS) is 10.1. The van der Waals surface area contributed by atoms with E-state index in [4.69, 9.17) is 10.5 Å². The van der Waals surface area contributed by atoms with Crippen molar-refractivity contribution in [1.29, 1.82) is 0 Å². The SMILES string of the molecule is COc1cc(N)ccc1C(=O)c1ccc[nH]1. The minimum absolute atomic E-state index is 0.109. The summed E-state index contributed by atoms with van der Waals surface area (Å²) in [5.74, 6) is 0.376. The van der Waals surface area contributed by atoms with E-state index in [-0.39, 0.29) is 5.78 Å². The predicted octanol–water partition coefficient (Wildman–Crippen LogP) is 1.84. The van der Waals surface area contributed by atoms with Crippen molar-refractivity contribution in [1.82, 2.24) is 4.98 Å². The quantitative estimate of drug-likeness (QED) is 0.607. The molecule has 4 nitrogen and oxygen atoms in total. The first-order valence-electron chi connectivity index (χ1n) is 4.84. The average Bonchev–Trinajstić information content (AvgIpc) is 2.81. The molecule has 0 aliphatic rings. The molecular weight excluding hydrogens is 204 g/mol. The topological polar surface area (TPSA) is 68.1 Å². The van der Waals surface area contributed by atoms with Crippen molar-refractivity contribution in [3.63, 3.8) is 0 Å². The van der Waals surface area contributed by atoms with Gasteiger partial charge in [0.25, 0.3) is 0 Å². The summed E-state index contributed by atoms with van der Waals surface area (Å²) in [6.07, 6.45) is 1.71. The second-order valence-electron chi connectivity index (χ2n) is 3.37. The Morgan fingerprint density at radius 3 is 2.81 bits per heavy atom. The molecule has 0 unspecified atom stereocenters. The number of anilines is 1. The molecule has 2 rings (SSSR count). The molecule has 0 fully saturated rings. The number of ether oxygens (including phenoxy) is 1. The van der Waals surface area contributed by atoms with Crippen LogP contribution in [-0.2, 0) is 0 Å². The lowest BCUT2D eigenvalue weighted by Crippen LogP contribution is -2.04. The first-order valence-corrected chi connectivity index (χ1v) is 4.84. The maximum absolute atomic E-state index is 12.0. The van der Waals surface area contributed by atoms with Gasteiger partial charge in [-0.2, -0.15) is 0 Å². The van der Waals surface area contributed by atoms with Crippen LogP contribution in [0.3, 0.4) is 0 Å². The highest BCUT2D eigenvalue weighted by Gasteiger charge is 2.14. The summed E-state index contributed by atoms with van der Waals surface area (Å²) in [6, 6.07) is 8.47. The fourth-order valence-electron chi connectivity index (χ4n) is 1.51. The first-order chi connectivity index (χ1) is 7.72. The molecule has 4 heteroatoms. The van der Waals surface area contributed by atoms with Crippen molar-refractivity contribution in [3.8, 4) is 5.75 Å². The Bertz CT molecular complexity index is 504. The zero-order valence-electron chi connectivity index (χ0n) is 8.86. The Hall–Kier alpha value is -2.23. The highest BCUT2D eigenvalue weighted by molar-refractivity contribution is 6.09. The number of carbonyl (C=O) groups excluding carboxylic acids is 1. The van der Waals surface area contributed by atoms with E-state index in [9.17, 15) is 4.79 Å². The highest BCUT2D eigenvalue weighted by Crippen LogP contribution is 2.23. The molecule has 0 saturated heterocycles. The Kier molecular flexibility index (Phi) is 2.64. The molecule has 82 valence electrons. The molecule has 3 N–H and O–H groups in total. The third kappa shape index (κ3) is 1.77. The second kappa shape index (κ2) is 4.10. The maximum atomic E-state index is 12.0. The first kappa shape index (κ1) is 10.3. The molecule has 16 heavy (non-hydrogen) atoms. The zero-order valence-corrected chi connectivity index (χ0v) is 8.86. The zero-order chi connectivity index (χ0) is 11.5. The largest absolute Gasteiger partial charge is 0.496 e. The molecule has 0 saturated carbocycles. The molecule has 2 aromatic rings. The van der Waals surface area contributed by atoms with Gasteiger partial charge in [-0.25, -0.2) is 0 Å². The number of benzene rings is 1. The Morgan fingerprint density at radius 2 is 2.19 bits per heavy atom. The summed E-state index contributed by atoms with van der Waals surface area (Å²) in [5, 5.41) is 0. The third-order valence-corrected chi connectivity index (χ3v) is 2.31. The van der Waals surface area contributed by atoms with Crippen LogP contribution in [-0.4, -0.2) is 17.9 Å². The van der Waals surface area contributed by atoms with E-state index < -0.39 is 0 Å². The molecule has 0 atom stereocenters. The molecular formula is C12H12N2O2. The molecule has 0 bridgehead atoms. The smallest absolute Gasteiger partial charge is 0.212 e. The summed E-state index contributed by atoms with van der Waals surface area (Å²) < 4.78 is 5.13. The van der Waals surface area contributed by atoms with Gasteiger partial charge in [-0.3, -0.25) is 4.79 Å². The molecule has 1 aromatic heterocycles. The van der Waals surface area contributed by atoms with Crippen LogP contribution in [0.15, 0.2) is 36.5 Å². The Morgan fingerprint density at radius 1 is 1.38 bits per heavy atom. The number of nitrogens with one attached hydrogen (secondary N) is 1. The number of ketones is 1. The number of H-pyrrole nitrogens is 1. The number of nitrogen functional groups attached to an aromatic ring is 1. The van der Waals surface area contributed by atoms with Gasteiger partial charge in [-0.1, -0.05) is 0 Å². The number of nitrogens with two attached hydrogens (primary N) is 1. The summed E-state index contributed by atoms with van der Waals surface area (Å²) in [7, 11) is 1.51. The summed E-state index contributed by atoms with van der Waals surface area (Å²) >= 11 is 0. The summed E-state index contributed by atoms with van der Waals surface area (Å²) in [6.45, 7) is 0. The molecule has 0 radical (unpaired) electrons. The van der Waals surface area contributed by atoms with Crippen molar-refractivity contribution in [2.75, 3.05) is 12.8 Å². The molecule has 1 aromatic carbocycles. The van der Waals surface area contributed by atoms with Crippen LogP contribution in [0.25, 0.3) is 0 Å². The van der Waals surface area contributed by atoms with E-state index in [2.05, 4.69) is 4.98 Å². The lowest BCUT2D eigenvalue weighted by atomic mass is 10.1. The van der Waals surface area contributed by atoms with E-state index in [1.54, 1.807) is 36.5 Å². The summed E-state index contributed by atoms with van der Waals surface area (Å²) in [4.78, 5) is 14.9. The molecule has 0 aliphatic heterocycles. The van der Waals surface area contributed by atoms with Gasteiger partial charge in [0.05, 0.1) is 18.4 Å². The fraction of sp³-hybridized carbons (Fsp3) is 0.0833. The Labute approximate surface area is 93.0 Å². The number of hydrogen-bond donors (Lipinski definition) is 2. The molecule has 0 amide bonds. The second-order valence-corrected chi connectivity index (χ2v) is 3.37. The van der Waals surface area contributed by atoms with Crippen molar-refractivity contribution >= 4 is 11.5 Å². The minimum Gasteiger partial charge on any atom is -0.496 e. The van der Waals surface area contributed by atoms with Crippen LogP contribution < -0.4 is 10.5 Å². The van der Waals surface area contributed by atoms with Crippen molar-refractivity contribution < 1.29 is 9.53 Å². The third-order valence-electron chi connectivity index (χ3n) is 2.31. The van der Waals surface area contributed by atoms with E-state index in [1.807, 2.05) is 0 Å². The van der Waals surface area contributed by atoms with Crippen molar-refractivity contribution in [3.05, 3.63) is 47.8 Å². The van der Waals surface area contributed by atoms with Gasteiger partial charge in [-0.15, -0.1) is 0 Å².